The zero-order chi connectivity index (χ0) is 24.4. The highest BCUT2D eigenvalue weighted by molar-refractivity contribution is 5.86. The van der Waals surface area contributed by atoms with Gasteiger partial charge in [-0.05, 0) is 47.9 Å². The fourth-order valence-corrected chi connectivity index (χ4v) is 5.47. The second-order valence-corrected chi connectivity index (χ2v) is 9.56. The van der Waals surface area contributed by atoms with Crippen LogP contribution < -0.4 is 5.32 Å². The van der Waals surface area contributed by atoms with E-state index in [0.717, 1.165) is 22.3 Å². The van der Waals surface area contributed by atoms with E-state index in [4.69, 9.17) is 4.74 Å². The molecule has 2 N–H and O–H groups in total. The fourth-order valence-electron chi connectivity index (χ4n) is 5.47. The molecule has 34 heavy (non-hydrogen) atoms. The predicted octanol–water partition coefficient (Wildman–Crippen LogP) is 4.26. The van der Waals surface area contributed by atoms with Crippen LogP contribution in [0.1, 0.15) is 50.7 Å². The van der Waals surface area contributed by atoms with Gasteiger partial charge >= 0.3 is 12.1 Å². The van der Waals surface area contributed by atoms with Crippen molar-refractivity contribution in [1.82, 2.24) is 10.2 Å². The minimum atomic E-state index is -0.981. The van der Waals surface area contributed by atoms with Crippen LogP contribution in [0.15, 0.2) is 48.5 Å². The number of aliphatic carboxylic acids is 1. The Labute approximate surface area is 200 Å². The summed E-state index contributed by atoms with van der Waals surface area (Å²) in [5.41, 5.74) is 4.58. The summed E-state index contributed by atoms with van der Waals surface area (Å²) in [6.45, 7) is 6.21. The van der Waals surface area contributed by atoms with E-state index < -0.39 is 30.1 Å². The largest absolute Gasteiger partial charge is 0.480 e. The molecule has 4 rings (SSSR count). The molecular formula is C27H32N2O5. The van der Waals surface area contributed by atoms with Crippen molar-refractivity contribution in [3.8, 4) is 11.1 Å². The van der Waals surface area contributed by atoms with Gasteiger partial charge < -0.3 is 20.1 Å². The van der Waals surface area contributed by atoms with Crippen LogP contribution in [0.4, 0.5) is 4.79 Å². The quantitative estimate of drug-likeness (QED) is 0.638. The molecule has 0 spiro atoms. The van der Waals surface area contributed by atoms with Crippen molar-refractivity contribution < 1.29 is 24.2 Å². The van der Waals surface area contributed by atoms with Gasteiger partial charge in [-0.1, -0.05) is 62.4 Å². The molecule has 2 aromatic rings. The molecule has 1 saturated heterocycles. The number of carboxylic acid groups (broad SMARTS) is 1. The van der Waals surface area contributed by atoms with E-state index in [9.17, 15) is 19.5 Å². The van der Waals surface area contributed by atoms with Gasteiger partial charge in [0.2, 0.25) is 5.91 Å². The van der Waals surface area contributed by atoms with Gasteiger partial charge in [0.25, 0.3) is 0 Å². The Morgan fingerprint density at radius 2 is 1.62 bits per heavy atom. The third-order valence-electron chi connectivity index (χ3n) is 7.05. The molecule has 0 aromatic heterocycles. The van der Waals surface area contributed by atoms with E-state index >= 15 is 0 Å². The predicted molar refractivity (Wildman–Crippen MR) is 128 cm³/mol. The van der Waals surface area contributed by atoms with Crippen LogP contribution in [0.5, 0.6) is 0 Å². The second-order valence-electron chi connectivity index (χ2n) is 9.56. The first-order chi connectivity index (χ1) is 16.3. The topological polar surface area (TPSA) is 95.9 Å². The Bertz CT molecular complexity index is 1040. The zero-order valence-electron chi connectivity index (χ0n) is 19.9. The molecule has 3 atom stereocenters. The van der Waals surface area contributed by atoms with E-state index in [1.807, 2.05) is 38.1 Å². The molecule has 2 aromatic carbocycles. The van der Waals surface area contributed by atoms with Gasteiger partial charge in [0.05, 0.1) is 5.92 Å². The van der Waals surface area contributed by atoms with Crippen molar-refractivity contribution in [3.63, 3.8) is 0 Å². The van der Waals surface area contributed by atoms with Gasteiger partial charge in [-0.25, -0.2) is 9.59 Å². The lowest BCUT2D eigenvalue weighted by Crippen LogP contribution is -2.51. The van der Waals surface area contributed by atoms with Crippen molar-refractivity contribution in [2.24, 2.45) is 11.8 Å². The minimum Gasteiger partial charge on any atom is -0.480 e. The van der Waals surface area contributed by atoms with Crippen molar-refractivity contribution in [2.45, 2.75) is 51.6 Å². The van der Waals surface area contributed by atoms with Crippen LogP contribution in [0.2, 0.25) is 0 Å². The first-order valence-electron chi connectivity index (χ1n) is 11.9. The number of benzene rings is 2. The number of alkyl carbamates (subject to hydrolysis) is 1. The fraction of sp³-hybridized carbons (Fsp3) is 0.444. The molecule has 7 heteroatoms. The summed E-state index contributed by atoms with van der Waals surface area (Å²) in [5, 5.41) is 12.3. The van der Waals surface area contributed by atoms with Gasteiger partial charge in [0, 0.05) is 18.5 Å². The number of carbonyl (C=O) groups is 3. The van der Waals surface area contributed by atoms with E-state index in [2.05, 4.69) is 29.6 Å². The number of likely N-dealkylation sites (tertiary alicyclic amines) is 1. The van der Waals surface area contributed by atoms with Crippen molar-refractivity contribution in [3.05, 3.63) is 59.7 Å². The van der Waals surface area contributed by atoms with Gasteiger partial charge in [-0.3, -0.25) is 4.79 Å². The highest BCUT2D eigenvalue weighted by atomic mass is 16.5. The van der Waals surface area contributed by atoms with Crippen LogP contribution >= 0.6 is 0 Å². The van der Waals surface area contributed by atoms with E-state index in [0.29, 0.717) is 19.4 Å². The zero-order valence-corrected chi connectivity index (χ0v) is 19.9. The molecule has 2 amide bonds. The highest BCUT2D eigenvalue weighted by Gasteiger charge is 2.40. The van der Waals surface area contributed by atoms with Gasteiger partial charge in [0.1, 0.15) is 12.6 Å². The lowest BCUT2D eigenvalue weighted by molar-refractivity contribution is -0.151. The number of carboxylic acids is 1. The number of nitrogens with zero attached hydrogens (tertiary/aromatic N) is 1. The molecular weight excluding hydrogens is 432 g/mol. The summed E-state index contributed by atoms with van der Waals surface area (Å²) in [4.78, 5) is 39.0. The van der Waals surface area contributed by atoms with E-state index in [1.54, 1.807) is 6.92 Å². The number of amides is 2. The lowest BCUT2D eigenvalue weighted by atomic mass is 9.87. The van der Waals surface area contributed by atoms with E-state index in [-0.39, 0.29) is 24.3 Å². The normalized spacial score (nSPS) is 18.8. The van der Waals surface area contributed by atoms with Crippen LogP contribution in [-0.2, 0) is 14.3 Å². The van der Waals surface area contributed by atoms with Gasteiger partial charge in [-0.15, -0.1) is 0 Å². The number of fused-ring (bicyclic) bond motifs is 3. The summed E-state index contributed by atoms with van der Waals surface area (Å²) < 4.78 is 5.64. The summed E-state index contributed by atoms with van der Waals surface area (Å²) in [6.07, 6.45) is 0.547. The maximum absolute atomic E-state index is 13.2. The molecule has 7 nitrogen and oxygen atoms in total. The molecule has 1 fully saturated rings. The first-order valence-corrected chi connectivity index (χ1v) is 11.9. The molecule has 2 unspecified atom stereocenters. The van der Waals surface area contributed by atoms with Crippen LogP contribution in [0, 0.1) is 11.8 Å². The molecule has 0 saturated carbocycles. The monoisotopic (exact) mass is 464 g/mol. The molecule has 2 aliphatic rings. The maximum atomic E-state index is 13.2. The summed E-state index contributed by atoms with van der Waals surface area (Å²) in [5.74, 6) is -1.87. The number of hydrogen-bond acceptors (Lipinski definition) is 4. The third kappa shape index (κ3) is 4.52. The van der Waals surface area contributed by atoms with E-state index in [1.165, 1.54) is 4.90 Å². The third-order valence-corrected chi connectivity index (χ3v) is 7.05. The Morgan fingerprint density at radius 3 is 2.18 bits per heavy atom. The Balaban J connectivity index is 1.41. The summed E-state index contributed by atoms with van der Waals surface area (Å²) in [7, 11) is 0. The molecule has 1 aliphatic heterocycles. The van der Waals surface area contributed by atoms with Crippen LogP contribution in [-0.4, -0.2) is 53.2 Å². The molecule has 180 valence electrons. The number of rotatable bonds is 7. The molecule has 1 aliphatic carbocycles. The highest BCUT2D eigenvalue weighted by Crippen LogP contribution is 2.44. The van der Waals surface area contributed by atoms with Crippen LogP contribution in [0.3, 0.4) is 0 Å². The standard InChI is InChI=1S/C27H32N2O5/c1-16(2)24(25(30)29-14-8-13-23(29)26(31)32)17(3)28-27(33)34-15-22-20-11-6-4-9-18(20)19-10-5-7-12-21(19)22/h4-7,9-12,16-17,22-24H,8,13-15H2,1-3H3,(H,28,33)(H,31,32)/t17?,23-,24?/m1/s1. The van der Waals surface area contributed by atoms with Crippen molar-refractivity contribution in [2.75, 3.05) is 13.2 Å². The van der Waals surface area contributed by atoms with Gasteiger partial charge in [0.15, 0.2) is 0 Å². The number of carbonyl (C=O) groups excluding carboxylic acids is 2. The number of nitrogens with one attached hydrogen (secondary N) is 1. The number of hydrogen-bond donors (Lipinski definition) is 2. The lowest BCUT2D eigenvalue weighted by Gasteiger charge is -2.32. The molecule has 0 radical (unpaired) electrons. The smallest absolute Gasteiger partial charge is 0.407 e. The average Bonchev–Trinajstić information content (AvgIpc) is 3.41. The first kappa shape index (κ1) is 23.8. The van der Waals surface area contributed by atoms with Crippen molar-refractivity contribution in [1.29, 1.82) is 0 Å². The SMILES string of the molecule is CC(C)C(C(=O)N1CCC[C@@H]1C(=O)O)C(C)NC(=O)OCC1c2ccccc2-c2ccccc21. The average molecular weight is 465 g/mol. The Kier molecular flexibility index (Phi) is 6.91. The Hall–Kier alpha value is -3.35. The van der Waals surface area contributed by atoms with Gasteiger partial charge in [-0.2, -0.15) is 0 Å². The number of ether oxygens (including phenoxy) is 1. The van der Waals surface area contributed by atoms with Crippen LogP contribution in [0.25, 0.3) is 11.1 Å². The van der Waals surface area contributed by atoms with Crippen molar-refractivity contribution >= 4 is 18.0 Å². The minimum absolute atomic E-state index is 0.0445. The second kappa shape index (κ2) is 9.87. The molecule has 1 heterocycles. The summed E-state index contributed by atoms with van der Waals surface area (Å²) >= 11 is 0. The Morgan fingerprint density at radius 1 is 1.03 bits per heavy atom. The molecule has 0 bridgehead atoms. The summed E-state index contributed by atoms with van der Waals surface area (Å²) in [6, 6.07) is 15.0. The maximum Gasteiger partial charge on any atom is 0.407 e.